The van der Waals surface area contributed by atoms with E-state index in [0.29, 0.717) is 18.0 Å². The van der Waals surface area contributed by atoms with E-state index >= 15 is 0 Å². The first kappa shape index (κ1) is 61.9. The molecule has 3 heterocycles. The van der Waals surface area contributed by atoms with E-state index < -0.39 is 104 Å². The van der Waals surface area contributed by atoms with Crippen LogP contribution < -0.4 is 5.32 Å². The van der Waals surface area contributed by atoms with Crippen molar-refractivity contribution in [2.45, 2.75) is 174 Å². The van der Waals surface area contributed by atoms with Crippen molar-refractivity contribution >= 4 is 19.8 Å². The molecular weight excluding hydrogens is 940 g/mol. The summed E-state index contributed by atoms with van der Waals surface area (Å²) in [6.45, 7) is 18.2. The third-order valence-corrected chi connectivity index (χ3v) is 14.7. The molecule has 3 rings (SSSR count). The first-order chi connectivity index (χ1) is 33.0. The molecule has 1 aromatic rings. The summed E-state index contributed by atoms with van der Waals surface area (Å²) in [4.78, 5) is 39.5. The zero-order valence-electron chi connectivity index (χ0n) is 44.0. The van der Waals surface area contributed by atoms with Crippen LogP contribution >= 0.6 is 7.82 Å². The number of aliphatic hydroxyl groups excluding tert-OH is 5. The van der Waals surface area contributed by atoms with E-state index in [1.54, 1.807) is 52.8 Å². The second kappa shape index (κ2) is 27.2. The first-order valence-electron chi connectivity index (χ1n) is 24.2. The molecule has 0 aliphatic carbocycles. The fraction of sp³-hybridized carbons (Fsp3) is 0.706. The number of carbonyl (C=O) groups excluding carboxylic acids is 1. The minimum absolute atomic E-state index is 0.0661. The molecule has 2 fully saturated rings. The Labute approximate surface area is 420 Å². The second-order valence-electron chi connectivity index (χ2n) is 20.4. The molecule has 0 bridgehead atoms. The standard InChI is InChI=1S/C51H83N4O15P/c1-29(21-22-52)17-15-18-30(2)31(3)23-32(4)43(58)36(8)39(56)25-42(66-14)46-47(70-71(62,63)64)50(9,10)51(69-46)26-40(57)35(7)41(68-51)20-16-19-37-27-67-49(54-37)33(5)24-34(6)53-48(61)45(60)44(59)38(28-65-13)55(11)12/h15-19,21,23,27,32-36,38-47,56-60H,20,24-26,28H2,1-14H3,(H,53,61)(H2,62,63,64)/b17-15+,19-16+,29-21+,30-18+,31-23+/t32-,33+,34-,35+,36+,38+,39+,40-,41+,42+,43-,44+,45+,46?,47+,51+/m0/s1. The summed E-state index contributed by atoms with van der Waals surface area (Å²) in [5, 5.41) is 67.4. The van der Waals surface area contributed by atoms with E-state index in [2.05, 4.69) is 10.3 Å². The van der Waals surface area contributed by atoms with Gasteiger partial charge in [0.05, 0.1) is 49.2 Å². The van der Waals surface area contributed by atoms with Crippen LogP contribution in [0.25, 0.3) is 6.08 Å². The number of hydrogen-bond acceptors (Lipinski definition) is 16. The van der Waals surface area contributed by atoms with Gasteiger partial charge in [-0.1, -0.05) is 77.5 Å². The van der Waals surface area contributed by atoms with Crippen LogP contribution in [-0.4, -0.2) is 159 Å². The zero-order valence-corrected chi connectivity index (χ0v) is 44.9. The number of aromatic nitrogens is 1. The Morgan fingerprint density at radius 2 is 1.72 bits per heavy atom. The highest BCUT2D eigenvalue weighted by Gasteiger charge is 2.68. The largest absolute Gasteiger partial charge is 0.469 e. The lowest BCUT2D eigenvalue weighted by atomic mass is 9.72. The number of ether oxygens (including phenoxy) is 4. The molecule has 2 saturated heterocycles. The van der Waals surface area contributed by atoms with E-state index in [9.17, 15) is 44.7 Å². The summed E-state index contributed by atoms with van der Waals surface area (Å²) in [7, 11) is 1.13. The van der Waals surface area contributed by atoms with Gasteiger partial charge in [0.25, 0.3) is 5.91 Å². The average molecular weight is 1020 g/mol. The minimum atomic E-state index is -5.16. The van der Waals surface area contributed by atoms with Crippen LogP contribution in [0.2, 0.25) is 0 Å². The van der Waals surface area contributed by atoms with Gasteiger partial charge in [-0.3, -0.25) is 9.32 Å². The summed E-state index contributed by atoms with van der Waals surface area (Å²) < 4.78 is 48.3. The Hall–Kier alpha value is -3.42. The molecule has 20 heteroatoms. The Morgan fingerprint density at radius 1 is 1.06 bits per heavy atom. The third-order valence-electron chi connectivity index (χ3n) is 14.2. The number of methoxy groups -OCH3 is 2. The van der Waals surface area contributed by atoms with Crippen LogP contribution in [0.4, 0.5) is 0 Å². The molecule has 1 aromatic heterocycles. The Kier molecular flexibility index (Phi) is 23.7. The van der Waals surface area contributed by atoms with Gasteiger partial charge < -0.3 is 68.9 Å². The topological polar surface area (TPSA) is 287 Å². The Bertz CT molecular complexity index is 2110. The van der Waals surface area contributed by atoms with Gasteiger partial charge in [0.2, 0.25) is 0 Å². The maximum atomic E-state index is 12.8. The number of nitriles is 1. The average Bonchev–Trinajstić information content (AvgIpc) is 3.84. The molecule has 1 unspecified atom stereocenters. The van der Waals surface area contributed by atoms with Crippen molar-refractivity contribution < 1.29 is 72.6 Å². The van der Waals surface area contributed by atoms with E-state index in [0.717, 1.165) is 16.7 Å². The van der Waals surface area contributed by atoms with Crippen LogP contribution in [0.15, 0.2) is 63.9 Å². The predicted molar refractivity (Wildman–Crippen MR) is 267 cm³/mol. The number of rotatable bonds is 26. The Morgan fingerprint density at radius 3 is 2.31 bits per heavy atom. The van der Waals surface area contributed by atoms with Crippen molar-refractivity contribution in [1.29, 1.82) is 5.26 Å². The van der Waals surface area contributed by atoms with Gasteiger partial charge in [-0.05, 0) is 71.9 Å². The molecule has 2 aliphatic heterocycles. The van der Waals surface area contributed by atoms with Gasteiger partial charge in [-0.25, -0.2) is 9.55 Å². The van der Waals surface area contributed by atoms with Crippen LogP contribution in [0.5, 0.6) is 0 Å². The van der Waals surface area contributed by atoms with E-state index in [4.69, 9.17) is 33.2 Å². The monoisotopic (exact) mass is 1020 g/mol. The third kappa shape index (κ3) is 16.8. The molecular formula is C51H83N4O15P. The van der Waals surface area contributed by atoms with Crippen molar-refractivity contribution in [1.82, 2.24) is 15.2 Å². The van der Waals surface area contributed by atoms with Crippen LogP contribution in [-0.2, 0) is 32.8 Å². The number of phosphoric acid groups is 1. The van der Waals surface area contributed by atoms with Gasteiger partial charge in [-0.2, -0.15) is 5.26 Å². The van der Waals surface area contributed by atoms with E-state index in [-0.39, 0.29) is 37.7 Å². The van der Waals surface area contributed by atoms with Crippen molar-refractivity contribution in [3.05, 3.63) is 71.0 Å². The quantitative estimate of drug-likeness (QED) is 0.0341. The molecule has 1 amide bonds. The number of allylic oxidation sites excluding steroid dienone is 7. The molecule has 402 valence electrons. The van der Waals surface area contributed by atoms with Crippen LogP contribution in [0.3, 0.4) is 0 Å². The number of amides is 1. The summed E-state index contributed by atoms with van der Waals surface area (Å²) in [5.41, 5.74) is 1.87. The highest BCUT2D eigenvalue weighted by molar-refractivity contribution is 7.46. The lowest BCUT2D eigenvalue weighted by molar-refractivity contribution is -0.334. The highest BCUT2D eigenvalue weighted by Crippen LogP contribution is 2.59. The number of nitrogens with zero attached hydrogens (tertiary/aromatic N) is 3. The molecule has 2 aliphatic rings. The lowest BCUT2D eigenvalue weighted by Gasteiger charge is -2.50. The number of phosphoric ester groups is 1. The van der Waals surface area contributed by atoms with Gasteiger partial charge in [0.1, 0.15) is 30.3 Å². The molecule has 0 saturated carbocycles. The molecule has 8 N–H and O–H groups in total. The Balaban J connectivity index is 1.76. The van der Waals surface area contributed by atoms with Crippen molar-refractivity contribution in [2.24, 2.45) is 23.2 Å². The molecule has 16 atom stereocenters. The SMILES string of the molecule is COC[C@H]([C@@H](O)[C@@H](O)C(=O)N[C@@H](C)C[C@@H](C)c1nc(/C=C/C[C@H]2O[C@]3(C[C@H](O)[C@H]2C)OC([C@@H](C[C@@H](O)[C@@H](C)[C@@H](O)[C@@H](C)/C=C(C)/C(C)=C/C=C/C(C)=C/C#N)OC)[C@@H](OP(=O)(O)O)C3(C)C)co1)N(C)C. The smallest absolute Gasteiger partial charge is 0.448 e. The lowest BCUT2D eigenvalue weighted by Crippen LogP contribution is -2.58. The van der Waals surface area contributed by atoms with Gasteiger partial charge in [0, 0.05) is 68.3 Å². The van der Waals surface area contributed by atoms with Crippen molar-refractivity contribution in [3.8, 4) is 6.07 Å². The maximum Gasteiger partial charge on any atom is 0.469 e. The molecule has 0 aromatic carbocycles. The van der Waals surface area contributed by atoms with E-state index in [1.807, 2.05) is 78.0 Å². The second-order valence-corrected chi connectivity index (χ2v) is 21.6. The van der Waals surface area contributed by atoms with Crippen LogP contribution in [0.1, 0.15) is 112 Å². The van der Waals surface area contributed by atoms with E-state index in [1.165, 1.54) is 26.6 Å². The summed E-state index contributed by atoms with van der Waals surface area (Å²) in [6, 6.07) is 0.980. The van der Waals surface area contributed by atoms with Crippen molar-refractivity contribution in [3.63, 3.8) is 0 Å². The predicted octanol–water partition coefficient (Wildman–Crippen LogP) is 5.08. The zero-order chi connectivity index (χ0) is 53.8. The maximum absolute atomic E-state index is 12.8. The highest BCUT2D eigenvalue weighted by atomic mass is 31.2. The number of nitrogens with one attached hydrogen (secondary N) is 1. The molecule has 0 radical (unpaired) electrons. The summed E-state index contributed by atoms with van der Waals surface area (Å²) in [5.74, 6) is -3.67. The fourth-order valence-electron chi connectivity index (χ4n) is 9.34. The number of carbonyl (C=O) groups is 1. The number of oxazole rings is 1. The molecule has 71 heavy (non-hydrogen) atoms. The van der Waals surface area contributed by atoms with Gasteiger partial charge >= 0.3 is 7.82 Å². The molecule has 1 spiro atoms. The minimum Gasteiger partial charge on any atom is -0.448 e. The first-order valence-corrected chi connectivity index (χ1v) is 25.8. The fourth-order valence-corrected chi connectivity index (χ4v) is 10.0. The number of aliphatic hydroxyl groups is 5. The van der Waals surface area contributed by atoms with Crippen molar-refractivity contribution in [2.75, 3.05) is 34.9 Å². The normalized spacial score (nSPS) is 27.8. The summed E-state index contributed by atoms with van der Waals surface area (Å²) >= 11 is 0. The van der Waals surface area contributed by atoms with Gasteiger partial charge in [-0.15, -0.1) is 0 Å². The van der Waals surface area contributed by atoms with Crippen LogP contribution in [0, 0.1) is 34.5 Å². The number of likely N-dealkylation sites (N-methyl/N-ethyl adjacent to an activating group) is 1. The van der Waals surface area contributed by atoms with Gasteiger partial charge in [0.15, 0.2) is 17.8 Å². The number of hydrogen-bond donors (Lipinski definition) is 8. The summed E-state index contributed by atoms with van der Waals surface area (Å²) in [6.07, 6.45) is 4.05. The molecule has 19 nitrogen and oxygen atoms in total.